The van der Waals surface area contributed by atoms with Crippen LogP contribution in [0.15, 0.2) is 66.7 Å². The molecule has 238 valence electrons. The Hall–Kier alpha value is -3.25. The van der Waals surface area contributed by atoms with Gasteiger partial charge in [0.1, 0.15) is 23.7 Å². The third kappa shape index (κ3) is 8.90. The van der Waals surface area contributed by atoms with Crippen LogP contribution < -0.4 is 14.2 Å². The van der Waals surface area contributed by atoms with Crippen molar-refractivity contribution in [1.29, 1.82) is 0 Å². The van der Waals surface area contributed by atoms with Crippen LogP contribution in [0, 0.1) is 6.92 Å². The number of benzene rings is 3. The van der Waals surface area contributed by atoms with E-state index in [1.807, 2.05) is 18.2 Å². The number of carbonyl (C=O) groups excluding carboxylic acids is 1. The summed E-state index contributed by atoms with van der Waals surface area (Å²) in [5.41, 5.74) is -1.14. The van der Waals surface area contributed by atoms with Crippen molar-refractivity contribution in [1.82, 2.24) is 4.72 Å². The maximum Gasteiger partial charge on any atom is 0.417 e. The van der Waals surface area contributed by atoms with Gasteiger partial charge in [0, 0.05) is 12.5 Å². The van der Waals surface area contributed by atoms with Gasteiger partial charge in [-0.3, -0.25) is 0 Å². The first-order chi connectivity index (χ1) is 20.8. The maximum atomic E-state index is 14.9. The van der Waals surface area contributed by atoms with Gasteiger partial charge in [0.05, 0.1) is 34.5 Å². The second kappa shape index (κ2) is 14.7. The molecule has 44 heavy (non-hydrogen) atoms. The number of para-hydroxylation sites is 1. The van der Waals surface area contributed by atoms with Gasteiger partial charge in [-0.05, 0) is 75.4 Å². The predicted molar refractivity (Wildman–Crippen MR) is 162 cm³/mol. The molecule has 3 aromatic rings. The van der Waals surface area contributed by atoms with E-state index in [0.29, 0.717) is 13.2 Å². The highest BCUT2D eigenvalue weighted by molar-refractivity contribution is 7.84. The van der Waals surface area contributed by atoms with Crippen LogP contribution >= 0.6 is 0 Å². The zero-order chi connectivity index (χ0) is 31.9. The molecule has 1 saturated heterocycles. The summed E-state index contributed by atoms with van der Waals surface area (Å²) in [5, 5.41) is 0. The first kappa shape index (κ1) is 33.6. The Labute approximate surface area is 258 Å². The third-order valence-corrected chi connectivity index (χ3v) is 8.63. The van der Waals surface area contributed by atoms with Gasteiger partial charge >= 0.3 is 12.1 Å². The fourth-order valence-electron chi connectivity index (χ4n) is 4.80. The average Bonchev–Trinajstić information content (AvgIpc) is 2.98. The summed E-state index contributed by atoms with van der Waals surface area (Å²) in [7, 11) is -1.73. The Bertz CT molecular complexity index is 1420. The van der Waals surface area contributed by atoms with Crippen LogP contribution in [0.25, 0.3) is 0 Å². The van der Waals surface area contributed by atoms with Gasteiger partial charge in [0.2, 0.25) is 0 Å². The van der Waals surface area contributed by atoms with Crippen LogP contribution in [-0.4, -0.2) is 34.4 Å². The lowest BCUT2D eigenvalue weighted by atomic mass is 9.90. The standard InChI is InChI=1S/C33H38F3NO6S/c1-22-29(31(38)43-24-14-9-6-10-15-24)27(42-21-23-12-7-5-8-13-23)20-25(30(22)33(34,35)36)26(37-44(39)32(2,3)4)16-17-28-40-18-11-19-41-28/h5-10,12-15,20,26,28,37H,11,16-19,21H2,1-4H3. The molecule has 0 saturated carbocycles. The molecule has 0 amide bonds. The molecule has 1 aliphatic heterocycles. The SMILES string of the molecule is Cc1c(C(=O)Oc2ccccc2)c(OCc2ccccc2)cc(C(CCC2OCCCO2)NS(=O)C(C)(C)C)c1C(F)(F)F. The summed E-state index contributed by atoms with van der Waals surface area (Å²) in [6.07, 6.45) is -4.36. The van der Waals surface area contributed by atoms with E-state index in [2.05, 4.69) is 4.72 Å². The van der Waals surface area contributed by atoms with E-state index in [0.717, 1.165) is 12.0 Å². The molecule has 1 N–H and O–H groups in total. The highest BCUT2D eigenvalue weighted by Crippen LogP contribution is 2.43. The van der Waals surface area contributed by atoms with Crippen molar-refractivity contribution >= 4 is 17.0 Å². The third-order valence-electron chi connectivity index (χ3n) is 7.02. The van der Waals surface area contributed by atoms with Crippen LogP contribution in [0.5, 0.6) is 11.5 Å². The van der Waals surface area contributed by atoms with Crippen molar-refractivity contribution in [3.63, 3.8) is 0 Å². The highest BCUT2D eigenvalue weighted by Gasteiger charge is 2.41. The number of ether oxygens (including phenoxy) is 4. The molecule has 0 radical (unpaired) electrons. The molecule has 1 fully saturated rings. The van der Waals surface area contributed by atoms with Crippen molar-refractivity contribution in [3.8, 4) is 11.5 Å². The van der Waals surface area contributed by atoms with Crippen molar-refractivity contribution < 1.29 is 41.1 Å². The molecule has 1 aliphatic rings. The minimum Gasteiger partial charge on any atom is -0.488 e. The first-order valence-corrected chi connectivity index (χ1v) is 15.6. The van der Waals surface area contributed by atoms with E-state index in [1.54, 1.807) is 51.1 Å². The molecule has 0 bridgehead atoms. The number of nitrogens with one attached hydrogen (secondary N) is 1. The largest absolute Gasteiger partial charge is 0.488 e. The lowest BCUT2D eigenvalue weighted by Crippen LogP contribution is -2.37. The fraction of sp³-hybridized carbons (Fsp3) is 0.424. The molecule has 0 spiro atoms. The van der Waals surface area contributed by atoms with Crippen LogP contribution in [0.4, 0.5) is 13.2 Å². The summed E-state index contributed by atoms with van der Waals surface area (Å²) < 4.78 is 83.1. The molecule has 2 atom stereocenters. The van der Waals surface area contributed by atoms with E-state index >= 15 is 0 Å². The lowest BCUT2D eigenvalue weighted by Gasteiger charge is -2.30. The summed E-state index contributed by atoms with van der Waals surface area (Å²) in [6, 6.07) is 17.3. The number of carbonyl (C=O) groups is 1. The van der Waals surface area contributed by atoms with E-state index in [-0.39, 0.29) is 47.6 Å². The molecule has 11 heteroatoms. The number of alkyl halides is 3. The fourth-order valence-corrected chi connectivity index (χ4v) is 5.66. The number of esters is 1. The van der Waals surface area contributed by atoms with Gasteiger partial charge in [-0.1, -0.05) is 48.5 Å². The summed E-state index contributed by atoms with van der Waals surface area (Å²) in [4.78, 5) is 13.5. The Morgan fingerprint density at radius 1 is 1.02 bits per heavy atom. The van der Waals surface area contributed by atoms with Crippen molar-refractivity contribution in [2.75, 3.05) is 13.2 Å². The summed E-state index contributed by atoms with van der Waals surface area (Å²) in [5.74, 6) is -0.884. The second-order valence-corrected chi connectivity index (χ2v) is 13.5. The predicted octanol–water partition coefficient (Wildman–Crippen LogP) is 7.45. The van der Waals surface area contributed by atoms with Crippen molar-refractivity contribution in [2.24, 2.45) is 0 Å². The Kier molecular flexibility index (Phi) is 11.2. The molecule has 2 unspecified atom stereocenters. The topological polar surface area (TPSA) is 83.1 Å². The quantitative estimate of drug-likeness (QED) is 0.175. The Balaban J connectivity index is 1.84. The number of halogens is 3. The second-order valence-electron chi connectivity index (χ2n) is 11.5. The minimum atomic E-state index is -4.86. The van der Waals surface area contributed by atoms with E-state index in [4.69, 9.17) is 18.9 Å². The zero-order valence-electron chi connectivity index (χ0n) is 25.2. The number of rotatable bonds is 11. The van der Waals surface area contributed by atoms with E-state index in [1.165, 1.54) is 25.1 Å². The summed E-state index contributed by atoms with van der Waals surface area (Å²) in [6.45, 7) is 7.38. The highest BCUT2D eigenvalue weighted by atomic mass is 32.2. The normalized spacial score (nSPS) is 15.9. The molecule has 0 aliphatic carbocycles. The number of hydrogen-bond acceptors (Lipinski definition) is 6. The zero-order valence-corrected chi connectivity index (χ0v) is 26.1. The molecular formula is C33H38F3NO6S. The monoisotopic (exact) mass is 633 g/mol. The van der Waals surface area contributed by atoms with Crippen molar-refractivity contribution in [2.45, 2.75) is 76.8 Å². The van der Waals surface area contributed by atoms with Crippen LogP contribution in [-0.2, 0) is 33.2 Å². The van der Waals surface area contributed by atoms with Gasteiger partial charge in [-0.2, -0.15) is 13.2 Å². The molecule has 7 nitrogen and oxygen atoms in total. The van der Waals surface area contributed by atoms with E-state index < -0.39 is 45.8 Å². The van der Waals surface area contributed by atoms with Gasteiger partial charge in [0.25, 0.3) is 0 Å². The summed E-state index contributed by atoms with van der Waals surface area (Å²) >= 11 is 0. The Morgan fingerprint density at radius 3 is 2.23 bits per heavy atom. The van der Waals surface area contributed by atoms with E-state index in [9.17, 15) is 22.2 Å². The van der Waals surface area contributed by atoms with Gasteiger partial charge < -0.3 is 18.9 Å². The molecule has 1 heterocycles. The van der Waals surface area contributed by atoms with Crippen LogP contribution in [0.2, 0.25) is 0 Å². The molecule has 0 aromatic heterocycles. The van der Waals surface area contributed by atoms with Gasteiger partial charge in [-0.15, -0.1) is 0 Å². The molecule has 4 rings (SSSR count). The first-order valence-electron chi connectivity index (χ1n) is 14.4. The minimum absolute atomic E-state index is 0.00747. The average molecular weight is 634 g/mol. The van der Waals surface area contributed by atoms with Crippen molar-refractivity contribution in [3.05, 3.63) is 94.5 Å². The van der Waals surface area contributed by atoms with Crippen LogP contribution in [0.3, 0.4) is 0 Å². The van der Waals surface area contributed by atoms with Gasteiger partial charge in [-0.25, -0.2) is 13.7 Å². The smallest absolute Gasteiger partial charge is 0.417 e. The maximum absolute atomic E-state index is 14.9. The molecule has 3 aromatic carbocycles. The molecular weight excluding hydrogens is 595 g/mol. The van der Waals surface area contributed by atoms with Gasteiger partial charge in [0.15, 0.2) is 6.29 Å². The Morgan fingerprint density at radius 2 is 1.64 bits per heavy atom. The van der Waals surface area contributed by atoms with Crippen LogP contribution in [0.1, 0.15) is 78.7 Å². The lowest BCUT2D eigenvalue weighted by molar-refractivity contribution is -0.182. The number of hydrogen-bond donors (Lipinski definition) is 1.